The number of rotatable bonds is 37. The van der Waals surface area contributed by atoms with Gasteiger partial charge in [0.1, 0.15) is 13.2 Å². The van der Waals surface area contributed by atoms with Crippen molar-refractivity contribution in [3.8, 4) is 0 Å². The molecule has 1 atom stereocenters. The number of hydrogen-bond donors (Lipinski definition) is 0. The topological polar surface area (TPSA) is 78.9 Å². The molecule has 0 bridgehead atoms. The van der Waals surface area contributed by atoms with E-state index in [4.69, 9.17) is 14.2 Å². The molecule has 0 fully saturated rings. The summed E-state index contributed by atoms with van der Waals surface area (Å²) in [6.07, 6.45) is 45.3. The Bertz CT molecular complexity index is 918. The molecule has 0 N–H and O–H groups in total. The first kappa shape index (κ1) is 48.4. The highest BCUT2D eigenvalue weighted by molar-refractivity contribution is 5.71. The van der Waals surface area contributed by atoms with Crippen LogP contribution in [0.4, 0.5) is 0 Å². The van der Waals surface area contributed by atoms with E-state index in [2.05, 4.69) is 69.4 Å². The maximum atomic E-state index is 12.6. The van der Waals surface area contributed by atoms with Crippen molar-refractivity contribution in [1.29, 1.82) is 0 Å². The maximum absolute atomic E-state index is 12.6. The minimum atomic E-state index is -0.786. The van der Waals surface area contributed by atoms with Crippen molar-refractivity contribution in [3.63, 3.8) is 0 Å². The van der Waals surface area contributed by atoms with Crippen LogP contribution in [0.1, 0.15) is 201 Å². The van der Waals surface area contributed by atoms with Gasteiger partial charge in [-0.25, -0.2) is 0 Å². The standard InChI is InChI=1S/C45H78O6/c1-4-7-10-13-16-19-21-22-23-24-27-29-32-35-38-44(47)50-41-42(40-49-43(46)37-34-31-28-25-18-15-12-9-6-3)51-45(48)39-36-33-30-26-20-17-14-11-8-5-2/h7,10,16,19,22-23,25,28,42H,4-6,8-9,11-15,17-18,20-21,24,26-27,29-41H2,1-3H3/b10-7-,19-16-,23-22-,28-25-. The van der Waals surface area contributed by atoms with Crippen molar-refractivity contribution in [2.45, 2.75) is 207 Å². The molecule has 0 saturated heterocycles. The molecule has 0 heterocycles. The third-order valence-electron chi connectivity index (χ3n) is 8.82. The average Bonchev–Trinajstić information content (AvgIpc) is 3.12. The minimum absolute atomic E-state index is 0.0925. The number of carbonyl (C=O) groups excluding carboxylic acids is 3. The third kappa shape index (κ3) is 38.4. The Kier molecular flexibility index (Phi) is 38.1. The molecule has 1 unspecified atom stereocenters. The van der Waals surface area contributed by atoms with E-state index in [9.17, 15) is 14.4 Å². The monoisotopic (exact) mass is 715 g/mol. The SMILES string of the molecule is CC/C=C\C/C=C\C/C=C\CCCCCCC(=O)OCC(COC(=O)CCC/C=C\CCCCCC)OC(=O)CCCCCCCCCCCC. The van der Waals surface area contributed by atoms with Gasteiger partial charge in [-0.3, -0.25) is 14.4 Å². The van der Waals surface area contributed by atoms with E-state index in [1.165, 1.54) is 70.6 Å². The van der Waals surface area contributed by atoms with Crippen LogP contribution in [-0.4, -0.2) is 37.2 Å². The van der Waals surface area contributed by atoms with Gasteiger partial charge >= 0.3 is 17.9 Å². The molecule has 294 valence electrons. The lowest BCUT2D eigenvalue weighted by Crippen LogP contribution is -2.30. The number of esters is 3. The largest absolute Gasteiger partial charge is 0.462 e. The number of carbonyl (C=O) groups is 3. The van der Waals surface area contributed by atoms with Gasteiger partial charge in [0.05, 0.1) is 0 Å². The van der Waals surface area contributed by atoms with Gasteiger partial charge in [0, 0.05) is 19.3 Å². The van der Waals surface area contributed by atoms with Gasteiger partial charge in [0.2, 0.25) is 0 Å². The van der Waals surface area contributed by atoms with E-state index in [0.29, 0.717) is 25.7 Å². The van der Waals surface area contributed by atoms with Gasteiger partial charge in [0.15, 0.2) is 6.10 Å². The second kappa shape index (κ2) is 40.1. The summed E-state index contributed by atoms with van der Waals surface area (Å²) in [5.41, 5.74) is 0. The molecule has 0 rings (SSSR count). The van der Waals surface area contributed by atoms with Crippen molar-refractivity contribution >= 4 is 17.9 Å². The molecule has 6 heteroatoms. The fraction of sp³-hybridized carbons (Fsp3) is 0.756. The van der Waals surface area contributed by atoms with Crippen LogP contribution in [0.5, 0.6) is 0 Å². The second-order valence-corrected chi connectivity index (χ2v) is 13.9. The summed E-state index contributed by atoms with van der Waals surface area (Å²) in [5, 5.41) is 0. The summed E-state index contributed by atoms with van der Waals surface area (Å²) in [6.45, 7) is 6.41. The number of ether oxygens (including phenoxy) is 3. The van der Waals surface area contributed by atoms with Crippen LogP contribution in [0, 0.1) is 0 Å². The predicted molar refractivity (Wildman–Crippen MR) is 215 cm³/mol. The minimum Gasteiger partial charge on any atom is -0.462 e. The zero-order chi connectivity index (χ0) is 37.3. The number of allylic oxidation sites excluding steroid dienone is 8. The number of hydrogen-bond acceptors (Lipinski definition) is 6. The molecule has 6 nitrogen and oxygen atoms in total. The van der Waals surface area contributed by atoms with Crippen LogP contribution >= 0.6 is 0 Å². The first-order valence-electron chi connectivity index (χ1n) is 21.1. The molecule has 51 heavy (non-hydrogen) atoms. The molecule has 0 spiro atoms. The zero-order valence-electron chi connectivity index (χ0n) is 33.4. The first-order chi connectivity index (χ1) is 25.0. The van der Waals surface area contributed by atoms with Crippen LogP contribution in [-0.2, 0) is 28.6 Å². The molecular weight excluding hydrogens is 636 g/mol. The summed E-state index contributed by atoms with van der Waals surface area (Å²) < 4.78 is 16.6. The Morgan fingerprint density at radius 1 is 0.412 bits per heavy atom. The Balaban J connectivity index is 4.42. The van der Waals surface area contributed by atoms with Gasteiger partial charge in [-0.1, -0.05) is 159 Å². The lowest BCUT2D eigenvalue weighted by molar-refractivity contribution is -0.167. The molecule has 0 aromatic carbocycles. The Labute approximate surface area is 314 Å². The van der Waals surface area contributed by atoms with E-state index >= 15 is 0 Å². The van der Waals surface area contributed by atoms with Gasteiger partial charge in [-0.15, -0.1) is 0 Å². The summed E-state index contributed by atoms with van der Waals surface area (Å²) in [6, 6.07) is 0. The van der Waals surface area contributed by atoms with Gasteiger partial charge < -0.3 is 14.2 Å². The molecule has 0 aliphatic rings. The average molecular weight is 715 g/mol. The maximum Gasteiger partial charge on any atom is 0.306 e. The van der Waals surface area contributed by atoms with E-state index in [1.54, 1.807) is 0 Å². The lowest BCUT2D eigenvalue weighted by Gasteiger charge is -2.18. The van der Waals surface area contributed by atoms with E-state index in [1.807, 2.05) is 0 Å². The van der Waals surface area contributed by atoms with Crippen LogP contribution < -0.4 is 0 Å². The summed E-state index contributed by atoms with van der Waals surface area (Å²) in [7, 11) is 0. The van der Waals surface area contributed by atoms with E-state index in [-0.39, 0.29) is 31.1 Å². The summed E-state index contributed by atoms with van der Waals surface area (Å²) in [4.78, 5) is 37.5. The van der Waals surface area contributed by atoms with Crippen molar-refractivity contribution in [1.82, 2.24) is 0 Å². The Morgan fingerprint density at radius 3 is 1.31 bits per heavy atom. The van der Waals surface area contributed by atoms with E-state index < -0.39 is 6.10 Å². The highest BCUT2D eigenvalue weighted by Gasteiger charge is 2.19. The zero-order valence-corrected chi connectivity index (χ0v) is 33.4. The predicted octanol–water partition coefficient (Wildman–Crippen LogP) is 13.2. The van der Waals surface area contributed by atoms with E-state index in [0.717, 1.165) is 83.5 Å². The van der Waals surface area contributed by atoms with Crippen molar-refractivity contribution < 1.29 is 28.6 Å². The van der Waals surface area contributed by atoms with Crippen LogP contribution in [0.3, 0.4) is 0 Å². The van der Waals surface area contributed by atoms with Crippen molar-refractivity contribution in [2.24, 2.45) is 0 Å². The normalized spacial score (nSPS) is 12.5. The second-order valence-electron chi connectivity index (χ2n) is 13.9. The van der Waals surface area contributed by atoms with Crippen LogP contribution in [0.15, 0.2) is 48.6 Å². The Morgan fingerprint density at radius 2 is 0.784 bits per heavy atom. The van der Waals surface area contributed by atoms with Gasteiger partial charge in [0.25, 0.3) is 0 Å². The smallest absolute Gasteiger partial charge is 0.306 e. The molecule has 0 aliphatic heterocycles. The third-order valence-corrected chi connectivity index (χ3v) is 8.82. The fourth-order valence-electron chi connectivity index (χ4n) is 5.63. The highest BCUT2D eigenvalue weighted by atomic mass is 16.6. The molecule has 0 aliphatic carbocycles. The highest BCUT2D eigenvalue weighted by Crippen LogP contribution is 2.13. The molecule has 0 radical (unpaired) electrons. The Hall–Kier alpha value is -2.63. The van der Waals surface area contributed by atoms with Gasteiger partial charge in [-0.05, 0) is 70.6 Å². The lowest BCUT2D eigenvalue weighted by atomic mass is 10.1. The van der Waals surface area contributed by atoms with Crippen LogP contribution in [0.25, 0.3) is 0 Å². The molecule has 0 amide bonds. The molecular formula is C45H78O6. The summed E-state index contributed by atoms with van der Waals surface area (Å²) >= 11 is 0. The van der Waals surface area contributed by atoms with Gasteiger partial charge in [-0.2, -0.15) is 0 Å². The number of unbranched alkanes of at least 4 members (excludes halogenated alkanes) is 18. The van der Waals surface area contributed by atoms with Crippen LogP contribution in [0.2, 0.25) is 0 Å². The molecule has 0 saturated carbocycles. The summed E-state index contributed by atoms with van der Waals surface area (Å²) in [5.74, 6) is -0.955. The quantitative estimate of drug-likeness (QED) is 0.0276. The van der Waals surface area contributed by atoms with Crippen molar-refractivity contribution in [2.75, 3.05) is 13.2 Å². The van der Waals surface area contributed by atoms with Crippen molar-refractivity contribution in [3.05, 3.63) is 48.6 Å². The molecule has 0 aromatic heterocycles. The first-order valence-corrected chi connectivity index (χ1v) is 21.1. The molecule has 0 aromatic rings. The fourth-order valence-corrected chi connectivity index (χ4v) is 5.63.